The molecule has 0 saturated heterocycles. The molecule has 0 bridgehead atoms. The molecule has 1 heterocycles. The number of nitrogens with two attached hydrogens (primary N) is 2. The number of nitrogen functional groups attached to an aromatic ring is 2. The second-order valence-corrected chi connectivity index (χ2v) is 3.42. The van der Waals surface area contributed by atoms with E-state index in [1.165, 1.54) is 4.90 Å². The lowest BCUT2D eigenvalue weighted by Crippen LogP contribution is -2.30. The molecule has 17 heavy (non-hydrogen) atoms. The van der Waals surface area contributed by atoms with Crippen molar-refractivity contribution in [3.05, 3.63) is 0 Å². The van der Waals surface area contributed by atoms with Crippen molar-refractivity contribution < 1.29 is 9.84 Å². The van der Waals surface area contributed by atoms with E-state index < -0.39 is 0 Å². The van der Waals surface area contributed by atoms with E-state index in [0.717, 1.165) is 12.8 Å². The lowest BCUT2D eigenvalue weighted by molar-refractivity contribution is 0.114. The van der Waals surface area contributed by atoms with E-state index in [9.17, 15) is 5.11 Å². The van der Waals surface area contributed by atoms with Gasteiger partial charge in [0.05, 0.1) is 0 Å². The first kappa shape index (κ1) is 13.4. The van der Waals surface area contributed by atoms with Crippen molar-refractivity contribution in [3.8, 4) is 0 Å². The van der Waals surface area contributed by atoms with Gasteiger partial charge in [-0.1, -0.05) is 13.3 Å². The molecule has 0 unspecified atom stereocenters. The fraction of sp³-hybridized carbons (Fsp3) is 0.667. The number of aromatic nitrogens is 3. The molecule has 1 rings (SSSR count). The minimum absolute atomic E-state index is 0.0134. The number of hydrogen-bond acceptors (Lipinski definition) is 8. The number of aliphatic hydroxyl groups is 1. The third-order valence-corrected chi connectivity index (χ3v) is 2.00. The molecule has 8 heteroatoms. The molecule has 5 N–H and O–H groups in total. The van der Waals surface area contributed by atoms with Crippen LogP contribution in [0.15, 0.2) is 0 Å². The highest BCUT2D eigenvalue weighted by molar-refractivity contribution is 5.38. The summed E-state index contributed by atoms with van der Waals surface area (Å²) in [5.74, 6) is 0.230. The first-order valence-corrected chi connectivity index (χ1v) is 5.38. The molecule has 0 spiro atoms. The van der Waals surface area contributed by atoms with Crippen LogP contribution in [0.25, 0.3) is 0 Å². The lowest BCUT2D eigenvalue weighted by Gasteiger charge is -2.19. The Morgan fingerprint density at radius 2 is 1.88 bits per heavy atom. The second-order valence-electron chi connectivity index (χ2n) is 3.42. The topological polar surface area (TPSA) is 123 Å². The van der Waals surface area contributed by atoms with Gasteiger partial charge in [-0.25, -0.2) is 0 Å². The van der Waals surface area contributed by atoms with E-state index >= 15 is 0 Å². The molecule has 0 saturated carbocycles. The largest absolute Gasteiger partial charge is 0.376 e. The molecule has 96 valence electrons. The number of anilines is 3. The fourth-order valence-electron chi connectivity index (χ4n) is 1.12. The third kappa shape index (κ3) is 4.37. The van der Waals surface area contributed by atoms with Crippen LogP contribution in [0, 0.1) is 0 Å². The zero-order valence-corrected chi connectivity index (χ0v) is 9.83. The molecule has 0 aliphatic heterocycles. The Labute approximate surface area is 99.6 Å². The Morgan fingerprint density at radius 3 is 2.41 bits per heavy atom. The number of aliphatic hydroxyl groups excluding tert-OH is 1. The van der Waals surface area contributed by atoms with Crippen LogP contribution in [0.1, 0.15) is 19.8 Å². The van der Waals surface area contributed by atoms with Crippen molar-refractivity contribution in [2.45, 2.75) is 19.8 Å². The highest BCUT2D eigenvalue weighted by Crippen LogP contribution is 2.09. The summed E-state index contributed by atoms with van der Waals surface area (Å²) in [7, 11) is 0. The predicted molar refractivity (Wildman–Crippen MR) is 63.9 cm³/mol. The molecule has 0 aliphatic rings. The summed E-state index contributed by atoms with van der Waals surface area (Å²) in [5, 5.41) is 9.18. The van der Waals surface area contributed by atoms with Crippen molar-refractivity contribution in [3.63, 3.8) is 0 Å². The third-order valence-electron chi connectivity index (χ3n) is 2.00. The van der Waals surface area contributed by atoms with Gasteiger partial charge in [0.15, 0.2) is 0 Å². The van der Waals surface area contributed by atoms with Crippen LogP contribution in [-0.4, -0.2) is 40.1 Å². The van der Waals surface area contributed by atoms with Gasteiger partial charge in [-0.05, 0) is 6.42 Å². The van der Waals surface area contributed by atoms with Crippen LogP contribution >= 0.6 is 0 Å². The molecule has 0 aromatic carbocycles. The Morgan fingerprint density at radius 1 is 1.24 bits per heavy atom. The van der Waals surface area contributed by atoms with Crippen LogP contribution in [0.3, 0.4) is 0 Å². The van der Waals surface area contributed by atoms with Gasteiger partial charge >= 0.3 is 0 Å². The lowest BCUT2D eigenvalue weighted by atomic mass is 10.4. The molecule has 1 aromatic heterocycles. The monoisotopic (exact) mass is 242 g/mol. The standard InChI is InChI=1S/C9H18N6O2/c1-2-3-4-17-6-15(5-16)9-13-7(10)12-8(11)14-9/h16H,2-6H2,1H3,(H4,10,11,12,13,14). The summed E-state index contributed by atoms with van der Waals surface area (Å²) >= 11 is 0. The minimum atomic E-state index is -0.283. The smallest absolute Gasteiger partial charge is 0.235 e. The Balaban J connectivity index is 2.59. The van der Waals surface area contributed by atoms with Gasteiger partial charge in [0.2, 0.25) is 17.8 Å². The summed E-state index contributed by atoms with van der Waals surface area (Å²) < 4.78 is 5.35. The van der Waals surface area contributed by atoms with Crippen LogP contribution in [0.4, 0.5) is 17.8 Å². The zero-order chi connectivity index (χ0) is 12.7. The van der Waals surface area contributed by atoms with Gasteiger partial charge in [-0.3, -0.25) is 4.90 Å². The van der Waals surface area contributed by atoms with E-state index in [0.29, 0.717) is 6.61 Å². The van der Waals surface area contributed by atoms with E-state index in [-0.39, 0.29) is 31.3 Å². The van der Waals surface area contributed by atoms with Gasteiger partial charge in [0, 0.05) is 6.61 Å². The van der Waals surface area contributed by atoms with Crippen molar-refractivity contribution in [2.24, 2.45) is 0 Å². The Kier molecular flexibility index (Phi) is 5.37. The van der Waals surface area contributed by atoms with Gasteiger partial charge < -0.3 is 21.3 Å². The first-order chi connectivity index (χ1) is 8.17. The maximum atomic E-state index is 9.18. The summed E-state index contributed by atoms with van der Waals surface area (Å²) in [4.78, 5) is 12.8. The quantitative estimate of drug-likeness (QED) is 0.434. The van der Waals surface area contributed by atoms with Crippen LogP contribution in [0.5, 0.6) is 0 Å². The van der Waals surface area contributed by atoms with Gasteiger partial charge in [-0.15, -0.1) is 0 Å². The van der Waals surface area contributed by atoms with E-state index in [4.69, 9.17) is 16.2 Å². The van der Waals surface area contributed by atoms with E-state index in [2.05, 4.69) is 21.9 Å². The second kappa shape index (κ2) is 6.81. The van der Waals surface area contributed by atoms with Crippen molar-refractivity contribution >= 4 is 17.8 Å². The molecule has 0 fully saturated rings. The summed E-state index contributed by atoms with van der Waals surface area (Å²) in [5.41, 5.74) is 10.9. The van der Waals surface area contributed by atoms with Crippen molar-refractivity contribution in [1.82, 2.24) is 15.0 Å². The molecule has 1 aromatic rings. The number of hydrogen-bond donors (Lipinski definition) is 3. The molecular weight excluding hydrogens is 224 g/mol. The molecule has 0 aliphatic carbocycles. The van der Waals surface area contributed by atoms with Gasteiger partial charge in [0.25, 0.3) is 0 Å². The highest BCUT2D eigenvalue weighted by Gasteiger charge is 2.10. The number of unbranched alkanes of at least 4 members (excludes halogenated alkanes) is 1. The predicted octanol–water partition coefficient (Wildman–Crippen LogP) is -0.434. The van der Waals surface area contributed by atoms with Crippen molar-refractivity contribution in [2.75, 3.05) is 36.4 Å². The van der Waals surface area contributed by atoms with E-state index in [1.807, 2.05) is 0 Å². The minimum Gasteiger partial charge on any atom is -0.376 e. The molecule has 0 radical (unpaired) electrons. The highest BCUT2D eigenvalue weighted by atomic mass is 16.5. The van der Waals surface area contributed by atoms with E-state index in [1.54, 1.807) is 0 Å². The number of ether oxygens (including phenoxy) is 1. The summed E-state index contributed by atoms with van der Waals surface area (Å²) in [6, 6.07) is 0. The number of nitrogens with zero attached hydrogens (tertiary/aromatic N) is 4. The fourth-order valence-corrected chi connectivity index (χ4v) is 1.12. The maximum Gasteiger partial charge on any atom is 0.235 e. The maximum absolute atomic E-state index is 9.18. The molecular formula is C9H18N6O2. The SMILES string of the molecule is CCCCOCN(CO)c1nc(N)nc(N)n1. The Hall–Kier alpha value is -1.67. The van der Waals surface area contributed by atoms with Crippen LogP contribution in [-0.2, 0) is 4.74 Å². The molecule has 0 amide bonds. The average Bonchev–Trinajstić information content (AvgIpc) is 2.28. The van der Waals surface area contributed by atoms with Crippen molar-refractivity contribution in [1.29, 1.82) is 0 Å². The van der Waals surface area contributed by atoms with Gasteiger partial charge in [-0.2, -0.15) is 15.0 Å². The summed E-state index contributed by atoms with van der Waals surface area (Å²) in [6.07, 6.45) is 2.01. The van der Waals surface area contributed by atoms with Gasteiger partial charge in [0.1, 0.15) is 13.5 Å². The molecule has 0 atom stereocenters. The summed E-state index contributed by atoms with van der Waals surface area (Å²) in [6.45, 7) is 2.58. The van der Waals surface area contributed by atoms with Crippen LogP contribution in [0.2, 0.25) is 0 Å². The first-order valence-electron chi connectivity index (χ1n) is 5.38. The molecule has 8 nitrogen and oxygen atoms in total. The normalized spacial score (nSPS) is 10.5. The zero-order valence-electron chi connectivity index (χ0n) is 9.83. The van der Waals surface area contributed by atoms with Crippen LogP contribution < -0.4 is 16.4 Å². The Bertz CT molecular complexity index is 328. The average molecular weight is 242 g/mol. The number of rotatable bonds is 7.